The summed E-state index contributed by atoms with van der Waals surface area (Å²) in [6.07, 6.45) is 0. The molecule has 0 fully saturated rings. The second-order valence-electron chi connectivity index (χ2n) is 5.20. The first-order valence-corrected chi connectivity index (χ1v) is 7.37. The molecule has 2 aromatic carbocycles. The van der Waals surface area contributed by atoms with Crippen LogP contribution in [0.3, 0.4) is 0 Å². The Kier molecular flexibility index (Phi) is 4.37. The lowest BCUT2D eigenvalue weighted by atomic mass is 10.1. The van der Waals surface area contributed by atoms with Crippen molar-refractivity contribution in [3.63, 3.8) is 0 Å². The van der Waals surface area contributed by atoms with E-state index in [1.807, 2.05) is 31.2 Å². The van der Waals surface area contributed by atoms with E-state index in [1.54, 1.807) is 33.5 Å². The standard InChI is InChI=1S/C18H18N2O4/c1-11-5-7-12(8-6-11)17-19-18(24-20-17)13-9-15(22-3)16(23-4)10-14(13)21-2/h5-10H,1-4H3. The quantitative estimate of drug-likeness (QED) is 0.711. The van der Waals surface area contributed by atoms with E-state index >= 15 is 0 Å². The van der Waals surface area contributed by atoms with Crippen molar-refractivity contribution in [2.45, 2.75) is 6.92 Å². The zero-order valence-corrected chi connectivity index (χ0v) is 14.0. The van der Waals surface area contributed by atoms with Crippen LogP contribution in [0, 0.1) is 6.92 Å². The Morgan fingerprint density at radius 3 is 2.08 bits per heavy atom. The van der Waals surface area contributed by atoms with Gasteiger partial charge in [0, 0.05) is 17.7 Å². The third-order valence-electron chi connectivity index (χ3n) is 3.67. The van der Waals surface area contributed by atoms with Crippen LogP contribution in [0.1, 0.15) is 5.56 Å². The molecule has 24 heavy (non-hydrogen) atoms. The smallest absolute Gasteiger partial charge is 0.262 e. The monoisotopic (exact) mass is 326 g/mol. The van der Waals surface area contributed by atoms with Gasteiger partial charge < -0.3 is 18.7 Å². The molecule has 0 spiro atoms. The maximum Gasteiger partial charge on any atom is 0.262 e. The minimum Gasteiger partial charge on any atom is -0.496 e. The fourth-order valence-corrected chi connectivity index (χ4v) is 2.35. The van der Waals surface area contributed by atoms with Crippen LogP contribution in [-0.2, 0) is 0 Å². The van der Waals surface area contributed by atoms with E-state index in [4.69, 9.17) is 18.7 Å². The molecule has 6 nitrogen and oxygen atoms in total. The lowest BCUT2D eigenvalue weighted by Gasteiger charge is -2.11. The molecule has 0 saturated heterocycles. The van der Waals surface area contributed by atoms with Crippen molar-refractivity contribution in [3.05, 3.63) is 42.0 Å². The molecule has 0 radical (unpaired) electrons. The average molecular weight is 326 g/mol. The van der Waals surface area contributed by atoms with Gasteiger partial charge in [-0.05, 0) is 6.92 Å². The number of rotatable bonds is 5. The van der Waals surface area contributed by atoms with Crippen molar-refractivity contribution in [2.24, 2.45) is 0 Å². The van der Waals surface area contributed by atoms with Crippen LogP contribution in [0.5, 0.6) is 17.2 Å². The maximum atomic E-state index is 5.41. The van der Waals surface area contributed by atoms with Crippen LogP contribution in [0.2, 0.25) is 0 Å². The van der Waals surface area contributed by atoms with Gasteiger partial charge in [0.15, 0.2) is 11.5 Å². The normalized spacial score (nSPS) is 10.5. The number of methoxy groups -OCH3 is 3. The molecule has 3 aromatic rings. The van der Waals surface area contributed by atoms with E-state index in [0.29, 0.717) is 34.5 Å². The minimum atomic E-state index is 0.350. The summed E-state index contributed by atoms with van der Waals surface area (Å²) in [6.45, 7) is 2.03. The number of aromatic nitrogens is 2. The van der Waals surface area contributed by atoms with Gasteiger partial charge in [0.25, 0.3) is 5.89 Å². The predicted molar refractivity (Wildman–Crippen MR) is 89.6 cm³/mol. The predicted octanol–water partition coefficient (Wildman–Crippen LogP) is 3.74. The summed E-state index contributed by atoms with van der Waals surface area (Å²) in [5.74, 6) is 2.55. The second kappa shape index (κ2) is 6.62. The molecular weight excluding hydrogens is 308 g/mol. The Morgan fingerprint density at radius 1 is 0.833 bits per heavy atom. The van der Waals surface area contributed by atoms with Gasteiger partial charge in [-0.1, -0.05) is 35.0 Å². The van der Waals surface area contributed by atoms with E-state index < -0.39 is 0 Å². The first-order valence-electron chi connectivity index (χ1n) is 7.37. The molecule has 124 valence electrons. The van der Waals surface area contributed by atoms with Crippen molar-refractivity contribution in [1.82, 2.24) is 10.1 Å². The molecule has 0 bridgehead atoms. The lowest BCUT2D eigenvalue weighted by Crippen LogP contribution is -1.95. The molecule has 1 aromatic heterocycles. The zero-order valence-electron chi connectivity index (χ0n) is 14.0. The van der Waals surface area contributed by atoms with Gasteiger partial charge in [-0.25, -0.2) is 0 Å². The van der Waals surface area contributed by atoms with Crippen molar-refractivity contribution in [3.8, 4) is 40.1 Å². The molecule has 3 rings (SSSR count). The number of hydrogen-bond donors (Lipinski definition) is 0. The van der Waals surface area contributed by atoms with Crippen LogP contribution in [0.25, 0.3) is 22.8 Å². The largest absolute Gasteiger partial charge is 0.496 e. The van der Waals surface area contributed by atoms with E-state index in [0.717, 1.165) is 5.56 Å². The van der Waals surface area contributed by atoms with Crippen molar-refractivity contribution in [2.75, 3.05) is 21.3 Å². The van der Waals surface area contributed by atoms with Gasteiger partial charge in [0.1, 0.15) is 5.75 Å². The Bertz CT molecular complexity index is 841. The fourth-order valence-electron chi connectivity index (χ4n) is 2.35. The Morgan fingerprint density at radius 2 is 1.46 bits per heavy atom. The van der Waals surface area contributed by atoms with E-state index in [9.17, 15) is 0 Å². The highest BCUT2D eigenvalue weighted by molar-refractivity contribution is 5.70. The molecule has 0 unspecified atom stereocenters. The molecule has 1 heterocycles. The minimum absolute atomic E-state index is 0.350. The van der Waals surface area contributed by atoms with Gasteiger partial charge in [-0.3, -0.25) is 0 Å². The SMILES string of the molecule is COc1cc(OC)c(-c2nc(-c3ccc(C)cc3)no2)cc1OC. The van der Waals surface area contributed by atoms with Crippen molar-refractivity contribution < 1.29 is 18.7 Å². The molecule has 0 amide bonds. The van der Waals surface area contributed by atoms with Crippen LogP contribution in [-0.4, -0.2) is 31.5 Å². The number of ether oxygens (including phenoxy) is 3. The lowest BCUT2D eigenvalue weighted by molar-refractivity contribution is 0.348. The highest BCUT2D eigenvalue weighted by Crippen LogP contribution is 2.39. The molecule has 6 heteroatoms. The summed E-state index contributed by atoms with van der Waals surface area (Å²) >= 11 is 0. The van der Waals surface area contributed by atoms with Crippen LogP contribution in [0.15, 0.2) is 40.9 Å². The molecule has 0 aliphatic carbocycles. The maximum absolute atomic E-state index is 5.41. The Balaban J connectivity index is 2.04. The van der Waals surface area contributed by atoms with E-state index in [1.165, 1.54) is 5.56 Å². The van der Waals surface area contributed by atoms with Gasteiger partial charge >= 0.3 is 0 Å². The van der Waals surface area contributed by atoms with Gasteiger partial charge in [-0.2, -0.15) is 4.98 Å². The van der Waals surface area contributed by atoms with E-state index in [2.05, 4.69) is 10.1 Å². The van der Waals surface area contributed by atoms with Crippen molar-refractivity contribution in [1.29, 1.82) is 0 Å². The molecule has 0 saturated carbocycles. The third kappa shape index (κ3) is 2.90. The second-order valence-corrected chi connectivity index (χ2v) is 5.20. The highest BCUT2D eigenvalue weighted by atomic mass is 16.5. The Labute approximate surface area is 140 Å². The number of aryl methyl sites for hydroxylation is 1. The summed E-state index contributed by atoms with van der Waals surface area (Å²) < 4.78 is 21.4. The zero-order chi connectivity index (χ0) is 17.1. The van der Waals surface area contributed by atoms with Gasteiger partial charge in [0.05, 0.1) is 26.9 Å². The average Bonchev–Trinajstić information content (AvgIpc) is 3.11. The molecule has 0 atom stereocenters. The number of hydrogen-bond acceptors (Lipinski definition) is 6. The number of nitrogens with zero attached hydrogens (tertiary/aromatic N) is 2. The fraction of sp³-hybridized carbons (Fsp3) is 0.222. The van der Waals surface area contributed by atoms with Crippen LogP contribution in [0.4, 0.5) is 0 Å². The third-order valence-corrected chi connectivity index (χ3v) is 3.67. The van der Waals surface area contributed by atoms with Crippen molar-refractivity contribution >= 4 is 0 Å². The molecule has 0 N–H and O–H groups in total. The highest BCUT2D eigenvalue weighted by Gasteiger charge is 2.19. The molecule has 0 aliphatic rings. The van der Waals surface area contributed by atoms with Crippen LogP contribution >= 0.6 is 0 Å². The van der Waals surface area contributed by atoms with Gasteiger partial charge in [-0.15, -0.1) is 0 Å². The summed E-state index contributed by atoms with van der Waals surface area (Å²) in [5, 5.41) is 4.05. The first-order chi connectivity index (χ1) is 11.7. The summed E-state index contributed by atoms with van der Waals surface area (Å²) in [6, 6.07) is 11.4. The summed E-state index contributed by atoms with van der Waals surface area (Å²) in [7, 11) is 4.71. The number of benzene rings is 2. The van der Waals surface area contributed by atoms with Crippen LogP contribution < -0.4 is 14.2 Å². The topological polar surface area (TPSA) is 66.6 Å². The summed E-state index contributed by atoms with van der Waals surface area (Å²) in [4.78, 5) is 4.47. The molecular formula is C18H18N2O4. The van der Waals surface area contributed by atoms with Gasteiger partial charge in [0.2, 0.25) is 5.82 Å². The Hall–Kier alpha value is -3.02. The first kappa shape index (κ1) is 15.9. The molecule has 0 aliphatic heterocycles. The summed E-state index contributed by atoms with van der Waals surface area (Å²) in [5.41, 5.74) is 2.69. The van der Waals surface area contributed by atoms with E-state index in [-0.39, 0.29) is 0 Å².